The second-order valence-corrected chi connectivity index (χ2v) is 10.5. The predicted octanol–water partition coefficient (Wildman–Crippen LogP) is 4.09. The van der Waals surface area contributed by atoms with Crippen LogP contribution in [-0.2, 0) is 4.43 Å². The summed E-state index contributed by atoms with van der Waals surface area (Å²) in [5.74, 6) is 0. The average molecular weight is 227 g/mol. The molecule has 0 amide bonds. The molecule has 0 aromatic carbocycles. The lowest BCUT2D eigenvalue weighted by atomic mass is 10.2. The largest absolute Gasteiger partial charge is 0.414 e. The van der Waals surface area contributed by atoms with Gasteiger partial charge < -0.3 is 4.43 Å². The lowest BCUT2D eigenvalue weighted by molar-refractivity contribution is 0.187. The lowest BCUT2D eigenvalue weighted by Gasteiger charge is -2.38. The number of hydrogen-bond acceptors (Lipinski definition) is 2. The maximum atomic E-state index is 8.46. The van der Waals surface area contributed by atoms with Crippen LogP contribution in [0.3, 0.4) is 0 Å². The van der Waals surface area contributed by atoms with Crippen molar-refractivity contribution in [1.29, 1.82) is 5.26 Å². The molecule has 0 aromatic rings. The normalized spacial score (nSPS) is 14.7. The average Bonchev–Trinajstić information content (AvgIpc) is 2.01. The Morgan fingerprint density at radius 2 is 1.87 bits per heavy atom. The van der Waals surface area contributed by atoms with Crippen molar-refractivity contribution in [2.75, 3.05) is 0 Å². The number of nitrogens with zero attached hydrogens (tertiary/aromatic N) is 1. The molecule has 15 heavy (non-hydrogen) atoms. The smallest absolute Gasteiger partial charge is 0.192 e. The third kappa shape index (κ3) is 5.34. The van der Waals surface area contributed by atoms with Crippen LogP contribution in [0.2, 0.25) is 18.1 Å². The van der Waals surface area contributed by atoms with Gasteiger partial charge in [-0.1, -0.05) is 20.8 Å². The van der Waals surface area contributed by atoms with Crippen molar-refractivity contribution < 1.29 is 4.43 Å². The highest BCUT2D eigenvalue weighted by molar-refractivity contribution is 6.74. The van der Waals surface area contributed by atoms with Crippen LogP contribution in [0.1, 0.15) is 47.0 Å². The summed E-state index contributed by atoms with van der Waals surface area (Å²) in [6.07, 6.45) is 2.89. The van der Waals surface area contributed by atoms with E-state index in [0.717, 1.165) is 12.8 Å². The Morgan fingerprint density at radius 1 is 1.33 bits per heavy atom. The summed E-state index contributed by atoms with van der Waals surface area (Å²) in [7, 11) is -1.61. The molecule has 0 radical (unpaired) electrons. The van der Waals surface area contributed by atoms with E-state index in [9.17, 15) is 0 Å². The Balaban J connectivity index is 4.06. The van der Waals surface area contributed by atoms with Crippen LogP contribution in [0.15, 0.2) is 0 Å². The zero-order chi connectivity index (χ0) is 12.1. The summed E-state index contributed by atoms with van der Waals surface area (Å²) in [6.45, 7) is 13.4. The Hall–Kier alpha value is -0.333. The second kappa shape index (κ2) is 5.67. The zero-order valence-corrected chi connectivity index (χ0v) is 12.1. The van der Waals surface area contributed by atoms with E-state index in [1.54, 1.807) is 0 Å². The van der Waals surface area contributed by atoms with Gasteiger partial charge in [0.1, 0.15) is 0 Å². The molecule has 0 aliphatic heterocycles. The molecular weight excluding hydrogens is 202 g/mol. The fraction of sp³-hybridized carbons (Fsp3) is 0.917. The van der Waals surface area contributed by atoms with Crippen molar-refractivity contribution >= 4 is 8.32 Å². The molecule has 0 bridgehead atoms. The molecule has 2 nitrogen and oxygen atoms in total. The summed E-state index contributed by atoms with van der Waals surface area (Å²) in [5, 5.41) is 8.73. The molecule has 0 N–H and O–H groups in total. The van der Waals surface area contributed by atoms with Gasteiger partial charge in [-0.25, -0.2) is 0 Å². The number of rotatable bonds is 5. The van der Waals surface area contributed by atoms with Crippen LogP contribution in [0.4, 0.5) is 0 Å². The molecule has 88 valence electrons. The Kier molecular flexibility index (Phi) is 5.54. The van der Waals surface area contributed by atoms with Crippen LogP contribution >= 0.6 is 0 Å². The maximum Gasteiger partial charge on any atom is 0.192 e. The Labute approximate surface area is 95.8 Å². The van der Waals surface area contributed by atoms with Gasteiger partial charge in [-0.15, -0.1) is 0 Å². The molecule has 0 saturated carbocycles. The second-order valence-electron chi connectivity index (χ2n) is 5.74. The highest BCUT2D eigenvalue weighted by Gasteiger charge is 2.38. The third-order valence-electron chi connectivity index (χ3n) is 3.20. The van der Waals surface area contributed by atoms with Crippen molar-refractivity contribution in [2.24, 2.45) is 0 Å². The SMILES string of the molecule is C[C@H](CCCC#N)O[Si](C)(C)C(C)(C)C. The molecule has 0 saturated heterocycles. The molecule has 0 aliphatic carbocycles. The number of hydrogen-bond donors (Lipinski definition) is 0. The summed E-state index contributed by atoms with van der Waals surface area (Å²) < 4.78 is 6.18. The van der Waals surface area contributed by atoms with Gasteiger partial charge >= 0.3 is 0 Å². The summed E-state index contributed by atoms with van der Waals surface area (Å²) in [4.78, 5) is 0. The summed E-state index contributed by atoms with van der Waals surface area (Å²) in [6, 6.07) is 2.17. The molecule has 0 spiro atoms. The van der Waals surface area contributed by atoms with Crippen molar-refractivity contribution in [2.45, 2.75) is 71.2 Å². The monoisotopic (exact) mass is 227 g/mol. The fourth-order valence-corrected chi connectivity index (χ4v) is 2.68. The van der Waals surface area contributed by atoms with Crippen LogP contribution < -0.4 is 0 Å². The molecule has 3 heteroatoms. The number of nitriles is 1. The quantitative estimate of drug-likeness (QED) is 0.523. The fourth-order valence-electron chi connectivity index (χ4n) is 1.21. The van der Waals surface area contributed by atoms with E-state index in [0.29, 0.717) is 12.5 Å². The number of unbranched alkanes of at least 4 members (excludes halogenated alkanes) is 1. The van der Waals surface area contributed by atoms with E-state index < -0.39 is 8.32 Å². The first-order chi connectivity index (χ1) is 6.70. The van der Waals surface area contributed by atoms with Gasteiger partial charge in [-0.05, 0) is 37.9 Å². The van der Waals surface area contributed by atoms with Crippen molar-refractivity contribution in [1.82, 2.24) is 0 Å². The van der Waals surface area contributed by atoms with Gasteiger partial charge in [0.25, 0.3) is 0 Å². The van der Waals surface area contributed by atoms with Gasteiger partial charge in [-0.2, -0.15) is 5.26 Å². The zero-order valence-electron chi connectivity index (χ0n) is 11.1. The van der Waals surface area contributed by atoms with Crippen molar-refractivity contribution in [3.05, 3.63) is 0 Å². The minimum absolute atomic E-state index is 0.274. The van der Waals surface area contributed by atoms with E-state index in [1.807, 2.05) is 0 Å². The highest BCUT2D eigenvalue weighted by Crippen LogP contribution is 2.37. The summed E-state index contributed by atoms with van der Waals surface area (Å²) >= 11 is 0. The van der Waals surface area contributed by atoms with Gasteiger partial charge in [0, 0.05) is 12.5 Å². The Morgan fingerprint density at radius 3 is 2.27 bits per heavy atom. The van der Waals surface area contributed by atoms with Crippen LogP contribution in [-0.4, -0.2) is 14.4 Å². The molecule has 1 atom stereocenters. The molecule has 0 heterocycles. The van der Waals surface area contributed by atoms with Gasteiger partial charge in [0.05, 0.1) is 6.07 Å². The minimum atomic E-state index is -1.61. The van der Waals surface area contributed by atoms with Gasteiger partial charge in [-0.3, -0.25) is 0 Å². The maximum absolute atomic E-state index is 8.46. The van der Waals surface area contributed by atoms with Gasteiger partial charge in [0.15, 0.2) is 8.32 Å². The molecule has 0 rings (SSSR count). The van der Waals surface area contributed by atoms with Crippen molar-refractivity contribution in [3.8, 4) is 6.07 Å². The van der Waals surface area contributed by atoms with Crippen LogP contribution in [0.25, 0.3) is 0 Å². The van der Waals surface area contributed by atoms with E-state index in [1.165, 1.54) is 0 Å². The first kappa shape index (κ1) is 14.7. The molecule has 0 fully saturated rings. The molecule has 0 aromatic heterocycles. The first-order valence-electron chi connectivity index (χ1n) is 5.75. The Bertz CT molecular complexity index is 225. The molecular formula is C12H25NOSi. The van der Waals surface area contributed by atoms with Gasteiger partial charge in [0.2, 0.25) is 0 Å². The minimum Gasteiger partial charge on any atom is -0.414 e. The van der Waals surface area contributed by atoms with E-state index in [2.05, 4.69) is 46.9 Å². The predicted molar refractivity (Wildman–Crippen MR) is 67.2 cm³/mol. The van der Waals surface area contributed by atoms with Crippen molar-refractivity contribution in [3.63, 3.8) is 0 Å². The molecule has 0 unspecified atom stereocenters. The molecule has 0 aliphatic rings. The topological polar surface area (TPSA) is 33.0 Å². The summed E-state index contributed by atoms with van der Waals surface area (Å²) in [5.41, 5.74) is 0. The van der Waals surface area contributed by atoms with Crippen LogP contribution in [0.5, 0.6) is 0 Å². The van der Waals surface area contributed by atoms with E-state index in [-0.39, 0.29) is 5.04 Å². The third-order valence-corrected chi connectivity index (χ3v) is 7.81. The first-order valence-corrected chi connectivity index (χ1v) is 8.66. The highest BCUT2D eigenvalue weighted by atomic mass is 28.4. The lowest BCUT2D eigenvalue weighted by Crippen LogP contribution is -2.43. The van der Waals surface area contributed by atoms with Crippen LogP contribution in [0, 0.1) is 11.3 Å². The van der Waals surface area contributed by atoms with E-state index >= 15 is 0 Å². The van der Waals surface area contributed by atoms with E-state index in [4.69, 9.17) is 9.69 Å². The standard InChI is InChI=1S/C12H25NOSi/c1-11(9-7-8-10-13)14-15(5,6)12(2,3)4/h11H,7-9H2,1-6H3/t11-/m1/s1.